The van der Waals surface area contributed by atoms with Crippen molar-refractivity contribution < 1.29 is 22.7 Å². The standard InChI is InChI=1S/C20H33N3O5S/c1-7-29(25,26)21-16-8-9-18-17(10-16)20(24)23(5)12-19(27-6)14(2)11-22(4)15(3)13-28-18/h8-10,14-15,19,21H,7,11-13H2,1-6H3/t14-,15-,19+/m0/s1. The molecule has 8 nitrogen and oxygen atoms in total. The molecule has 0 saturated heterocycles. The van der Waals surface area contributed by atoms with Crippen molar-refractivity contribution >= 4 is 21.6 Å². The molecule has 0 radical (unpaired) electrons. The van der Waals surface area contributed by atoms with E-state index < -0.39 is 10.0 Å². The third-order valence-electron chi connectivity index (χ3n) is 5.41. The topological polar surface area (TPSA) is 88.2 Å². The normalized spacial score (nSPS) is 24.8. The number of benzene rings is 1. The maximum atomic E-state index is 13.2. The van der Waals surface area contributed by atoms with Gasteiger partial charge < -0.3 is 14.4 Å². The van der Waals surface area contributed by atoms with Gasteiger partial charge in [-0.1, -0.05) is 6.92 Å². The second-order valence-electron chi connectivity index (χ2n) is 7.75. The van der Waals surface area contributed by atoms with Crippen LogP contribution in [0.4, 0.5) is 5.69 Å². The summed E-state index contributed by atoms with van der Waals surface area (Å²) >= 11 is 0. The molecule has 9 heteroatoms. The number of ether oxygens (including phenoxy) is 2. The molecule has 1 aromatic rings. The SMILES string of the molecule is CCS(=O)(=O)Nc1ccc2c(c1)C(=O)N(C)C[C@@H](OC)[C@@H](C)CN(C)[C@@H](C)CO2. The van der Waals surface area contributed by atoms with E-state index in [1.807, 2.05) is 7.05 Å². The lowest BCUT2D eigenvalue weighted by Crippen LogP contribution is -2.45. The second kappa shape index (κ2) is 9.77. The van der Waals surface area contributed by atoms with Crippen LogP contribution in [0.1, 0.15) is 31.1 Å². The first-order chi connectivity index (χ1) is 13.6. The molecule has 0 aromatic heterocycles. The summed E-state index contributed by atoms with van der Waals surface area (Å²) in [5, 5.41) is 0. The van der Waals surface area contributed by atoms with Crippen LogP contribution >= 0.6 is 0 Å². The van der Waals surface area contributed by atoms with Crippen LogP contribution in [0.5, 0.6) is 5.75 Å². The third kappa shape index (κ3) is 6.07. The molecule has 0 bridgehead atoms. The van der Waals surface area contributed by atoms with Crippen molar-refractivity contribution in [2.75, 3.05) is 51.4 Å². The molecule has 1 aliphatic rings. The fourth-order valence-electron chi connectivity index (χ4n) is 3.27. The number of nitrogens with zero attached hydrogens (tertiary/aromatic N) is 2. The Morgan fingerprint density at radius 3 is 2.55 bits per heavy atom. The first kappa shape index (κ1) is 23.4. The fourth-order valence-corrected chi connectivity index (χ4v) is 3.90. The minimum absolute atomic E-state index is 0.0499. The zero-order chi connectivity index (χ0) is 21.8. The van der Waals surface area contributed by atoms with Crippen LogP contribution in [-0.2, 0) is 14.8 Å². The van der Waals surface area contributed by atoms with Crippen molar-refractivity contribution in [3.8, 4) is 5.75 Å². The average Bonchev–Trinajstić information content (AvgIpc) is 2.68. The maximum Gasteiger partial charge on any atom is 0.257 e. The number of hydrogen-bond donors (Lipinski definition) is 1. The molecule has 0 saturated carbocycles. The molecule has 2 rings (SSSR count). The molecule has 0 unspecified atom stereocenters. The molecule has 29 heavy (non-hydrogen) atoms. The summed E-state index contributed by atoms with van der Waals surface area (Å²) in [5.74, 6) is 0.355. The Morgan fingerprint density at radius 2 is 1.93 bits per heavy atom. The predicted octanol–water partition coefficient (Wildman–Crippen LogP) is 1.88. The highest BCUT2D eigenvalue weighted by molar-refractivity contribution is 7.92. The average molecular weight is 428 g/mol. The van der Waals surface area contributed by atoms with Crippen LogP contribution in [0.25, 0.3) is 0 Å². The molecule has 0 spiro atoms. The van der Waals surface area contributed by atoms with Gasteiger partial charge in [-0.25, -0.2) is 8.42 Å². The summed E-state index contributed by atoms with van der Waals surface area (Å²) in [6, 6.07) is 4.92. The molecule has 1 amide bonds. The van der Waals surface area contributed by atoms with E-state index in [0.717, 1.165) is 6.54 Å². The van der Waals surface area contributed by atoms with E-state index in [2.05, 4.69) is 23.5 Å². The van der Waals surface area contributed by atoms with Crippen molar-refractivity contribution in [3.63, 3.8) is 0 Å². The molecule has 0 fully saturated rings. The molecular weight excluding hydrogens is 394 g/mol. The summed E-state index contributed by atoms with van der Waals surface area (Å²) in [6.07, 6.45) is -0.121. The molecular formula is C20H33N3O5S. The van der Waals surface area contributed by atoms with Crippen molar-refractivity contribution in [1.29, 1.82) is 0 Å². The monoisotopic (exact) mass is 427 g/mol. The van der Waals surface area contributed by atoms with Crippen LogP contribution in [0, 0.1) is 5.92 Å². The summed E-state index contributed by atoms with van der Waals surface area (Å²) in [5.41, 5.74) is 0.659. The molecule has 1 N–H and O–H groups in total. The fraction of sp³-hybridized carbons (Fsp3) is 0.650. The minimum Gasteiger partial charge on any atom is -0.491 e. The number of anilines is 1. The Balaban J connectivity index is 2.43. The lowest BCUT2D eigenvalue weighted by Gasteiger charge is -2.34. The summed E-state index contributed by atoms with van der Waals surface area (Å²) in [4.78, 5) is 17.0. The van der Waals surface area contributed by atoms with E-state index in [9.17, 15) is 13.2 Å². The molecule has 1 aromatic carbocycles. The zero-order valence-electron chi connectivity index (χ0n) is 18.1. The Labute approximate surface area is 174 Å². The first-order valence-corrected chi connectivity index (χ1v) is 11.5. The molecule has 0 aliphatic carbocycles. The van der Waals surface area contributed by atoms with Crippen molar-refractivity contribution in [3.05, 3.63) is 23.8 Å². The van der Waals surface area contributed by atoms with E-state index in [1.54, 1.807) is 38.1 Å². The van der Waals surface area contributed by atoms with Gasteiger partial charge in [-0.15, -0.1) is 0 Å². The third-order valence-corrected chi connectivity index (χ3v) is 6.72. The van der Waals surface area contributed by atoms with Gasteiger partial charge in [-0.3, -0.25) is 14.4 Å². The van der Waals surface area contributed by atoms with Crippen molar-refractivity contribution in [1.82, 2.24) is 9.80 Å². The Kier molecular flexibility index (Phi) is 7.90. The predicted molar refractivity (Wildman–Crippen MR) is 114 cm³/mol. The number of fused-ring (bicyclic) bond motifs is 1. The molecule has 3 atom stereocenters. The number of likely N-dealkylation sites (N-methyl/N-ethyl adjacent to an activating group) is 2. The highest BCUT2D eigenvalue weighted by Gasteiger charge is 2.27. The van der Waals surface area contributed by atoms with Crippen LogP contribution in [-0.4, -0.2) is 82.9 Å². The van der Waals surface area contributed by atoms with Gasteiger partial charge in [-0.2, -0.15) is 0 Å². The highest BCUT2D eigenvalue weighted by Crippen LogP contribution is 2.26. The molecule has 1 aliphatic heterocycles. The van der Waals surface area contributed by atoms with E-state index in [1.165, 1.54) is 6.07 Å². The number of hydrogen-bond acceptors (Lipinski definition) is 6. The highest BCUT2D eigenvalue weighted by atomic mass is 32.2. The number of amides is 1. The van der Waals surface area contributed by atoms with Crippen LogP contribution in [0.15, 0.2) is 18.2 Å². The number of carbonyl (C=O) groups is 1. The van der Waals surface area contributed by atoms with Gasteiger partial charge in [0, 0.05) is 39.0 Å². The molecule has 1 heterocycles. The smallest absolute Gasteiger partial charge is 0.257 e. The van der Waals surface area contributed by atoms with Crippen molar-refractivity contribution in [2.24, 2.45) is 5.92 Å². The van der Waals surface area contributed by atoms with Gasteiger partial charge in [0.05, 0.1) is 17.4 Å². The lowest BCUT2D eigenvalue weighted by atomic mass is 10.0. The second-order valence-corrected chi connectivity index (χ2v) is 9.76. The van der Waals surface area contributed by atoms with Gasteiger partial charge in [-0.05, 0) is 45.0 Å². The Bertz CT molecular complexity index is 814. The van der Waals surface area contributed by atoms with E-state index in [4.69, 9.17) is 9.47 Å². The van der Waals surface area contributed by atoms with E-state index in [0.29, 0.717) is 30.2 Å². The van der Waals surface area contributed by atoms with E-state index in [-0.39, 0.29) is 29.7 Å². The van der Waals surface area contributed by atoms with Crippen LogP contribution < -0.4 is 9.46 Å². The summed E-state index contributed by atoms with van der Waals surface area (Å²) in [6.45, 7) is 7.37. The lowest BCUT2D eigenvalue weighted by molar-refractivity contribution is 0.0150. The number of nitrogens with one attached hydrogen (secondary N) is 1. The number of carbonyl (C=O) groups excluding carboxylic acids is 1. The van der Waals surface area contributed by atoms with Gasteiger partial charge in [0.15, 0.2) is 0 Å². The quantitative estimate of drug-likeness (QED) is 0.789. The van der Waals surface area contributed by atoms with Crippen LogP contribution in [0.3, 0.4) is 0 Å². The molecule has 164 valence electrons. The van der Waals surface area contributed by atoms with Crippen LogP contribution in [0.2, 0.25) is 0 Å². The summed E-state index contributed by atoms with van der Waals surface area (Å²) in [7, 11) is 1.96. The van der Waals surface area contributed by atoms with Crippen molar-refractivity contribution in [2.45, 2.75) is 32.9 Å². The Morgan fingerprint density at radius 1 is 1.24 bits per heavy atom. The van der Waals surface area contributed by atoms with Gasteiger partial charge in [0.2, 0.25) is 10.0 Å². The maximum absolute atomic E-state index is 13.2. The van der Waals surface area contributed by atoms with E-state index >= 15 is 0 Å². The number of sulfonamides is 1. The van der Waals surface area contributed by atoms with Gasteiger partial charge >= 0.3 is 0 Å². The number of rotatable bonds is 4. The van der Waals surface area contributed by atoms with Gasteiger partial charge in [0.1, 0.15) is 12.4 Å². The summed E-state index contributed by atoms with van der Waals surface area (Å²) < 4.78 is 38.0. The zero-order valence-corrected chi connectivity index (χ0v) is 19.0. The Hall–Kier alpha value is -1.84. The number of methoxy groups -OCH3 is 1. The minimum atomic E-state index is -3.45. The first-order valence-electron chi connectivity index (χ1n) is 9.83. The largest absolute Gasteiger partial charge is 0.491 e. The van der Waals surface area contributed by atoms with Gasteiger partial charge in [0.25, 0.3) is 5.91 Å².